The first-order chi connectivity index (χ1) is 8.69. The van der Waals surface area contributed by atoms with Crippen LogP contribution in [0.3, 0.4) is 0 Å². The molecule has 2 aromatic rings. The number of rotatable bonds is 4. The smallest absolute Gasteiger partial charge is 0.238 e. The van der Waals surface area contributed by atoms with Crippen molar-refractivity contribution in [3.8, 4) is 11.6 Å². The van der Waals surface area contributed by atoms with Crippen LogP contribution in [0, 0.1) is 0 Å². The van der Waals surface area contributed by atoms with E-state index in [9.17, 15) is 0 Å². The molecule has 1 heterocycles. The predicted molar refractivity (Wildman–Crippen MR) is 72.2 cm³/mol. The number of benzene rings is 1. The maximum absolute atomic E-state index is 5.71. The van der Waals surface area contributed by atoms with Crippen LogP contribution < -0.4 is 4.74 Å². The van der Waals surface area contributed by atoms with Crippen LogP contribution in [0.1, 0.15) is 31.0 Å². The highest BCUT2D eigenvalue weighted by atomic mass is 35.5. The SMILES string of the molecule is CC(C)c1cccc(Oc2cncc(CCl)n2)c1. The van der Waals surface area contributed by atoms with Crippen LogP contribution in [-0.2, 0) is 5.88 Å². The first kappa shape index (κ1) is 12.8. The lowest BCUT2D eigenvalue weighted by atomic mass is 10.0. The highest BCUT2D eigenvalue weighted by Crippen LogP contribution is 2.23. The van der Waals surface area contributed by atoms with Crippen LogP contribution in [0.4, 0.5) is 0 Å². The standard InChI is InChI=1S/C14H15ClN2O/c1-10(2)11-4-3-5-13(6-11)18-14-9-16-8-12(7-15)17-14/h3-6,8-10H,7H2,1-2H3. The van der Waals surface area contributed by atoms with E-state index in [2.05, 4.69) is 29.9 Å². The van der Waals surface area contributed by atoms with Crippen molar-refractivity contribution in [2.24, 2.45) is 0 Å². The predicted octanol–water partition coefficient (Wildman–Crippen LogP) is 4.13. The van der Waals surface area contributed by atoms with E-state index in [1.807, 2.05) is 18.2 Å². The van der Waals surface area contributed by atoms with E-state index in [1.165, 1.54) is 5.56 Å². The fourth-order valence-electron chi connectivity index (χ4n) is 1.56. The number of halogens is 1. The van der Waals surface area contributed by atoms with Gasteiger partial charge in [-0.25, -0.2) is 4.98 Å². The second kappa shape index (κ2) is 5.83. The maximum Gasteiger partial charge on any atom is 0.238 e. The number of aromatic nitrogens is 2. The zero-order chi connectivity index (χ0) is 13.0. The van der Waals surface area contributed by atoms with Crippen molar-refractivity contribution in [1.29, 1.82) is 0 Å². The molecule has 1 aromatic carbocycles. The van der Waals surface area contributed by atoms with Crippen LogP contribution >= 0.6 is 11.6 Å². The molecule has 0 radical (unpaired) electrons. The monoisotopic (exact) mass is 262 g/mol. The summed E-state index contributed by atoms with van der Waals surface area (Å²) >= 11 is 5.71. The zero-order valence-corrected chi connectivity index (χ0v) is 11.2. The van der Waals surface area contributed by atoms with Crippen LogP contribution in [0.2, 0.25) is 0 Å². The van der Waals surface area contributed by atoms with E-state index >= 15 is 0 Å². The average molecular weight is 263 g/mol. The molecular formula is C14H15ClN2O. The van der Waals surface area contributed by atoms with Gasteiger partial charge in [0.05, 0.1) is 17.8 Å². The number of ether oxygens (including phenoxy) is 1. The van der Waals surface area contributed by atoms with Gasteiger partial charge in [0.15, 0.2) is 0 Å². The fourth-order valence-corrected chi connectivity index (χ4v) is 1.69. The van der Waals surface area contributed by atoms with Gasteiger partial charge in [-0.05, 0) is 23.6 Å². The minimum Gasteiger partial charge on any atom is -0.437 e. The summed E-state index contributed by atoms with van der Waals surface area (Å²) in [6.45, 7) is 4.29. The Balaban J connectivity index is 2.20. The van der Waals surface area contributed by atoms with Crippen molar-refractivity contribution in [3.63, 3.8) is 0 Å². The van der Waals surface area contributed by atoms with Gasteiger partial charge in [-0.15, -0.1) is 11.6 Å². The molecule has 0 N–H and O–H groups in total. The Morgan fingerprint density at radius 1 is 1.28 bits per heavy atom. The van der Waals surface area contributed by atoms with Crippen LogP contribution in [-0.4, -0.2) is 9.97 Å². The molecular weight excluding hydrogens is 248 g/mol. The van der Waals surface area contributed by atoms with Crippen LogP contribution in [0.15, 0.2) is 36.7 Å². The minimum atomic E-state index is 0.330. The highest BCUT2D eigenvalue weighted by Gasteiger charge is 2.04. The molecule has 0 aliphatic rings. The summed E-state index contributed by atoms with van der Waals surface area (Å²) < 4.78 is 5.68. The third-order valence-corrected chi connectivity index (χ3v) is 2.82. The van der Waals surface area contributed by atoms with E-state index in [0.29, 0.717) is 23.4 Å². The zero-order valence-electron chi connectivity index (χ0n) is 10.4. The van der Waals surface area contributed by atoms with Crippen molar-refractivity contribution < 1.29 is 4.74 Å². The summed E-state index contributed by atoms with van der Waals surface area (Å²) in [4.78, 5) is 8.28. The third kappa shape index (κ3) is 3.20. The summed E-state index contributed by atoms with van der Waals surface area (Å²) in [5, 5.41) is 0. The van der Waals surface area contributed by atoms with Gasteiger partial charge in [0.25, 0.3) is 0 Å². The molecule has 0 spiro atoms. The Kier molecular flexibility index (Phi) is 4.15. The molecule has 0 saturated heterocycles. The van der Waals surface area contributed by atoms with Crippen molar-refractivity contribution in [3.05, 3.63) is 47.9 Å². The van der Waals surface area contributed by atoms with Crippen LogP contribution in [0.25, 0.3) is 0 Å². The van der Waals surface area contributed by atoms with Crippen LogP contribution in [0.5, 0.6) is 11.6 Å². The van der Waals surface area contributed by atoms with E-state index in [0.717, 1.165) is 5.75 Å². The number of hydrogen-bond donors (Lipinski definition) is 0. The van der Waals surface area contributed by atoms with Crippen molar-refractivity contribution >= 4 is 11.6 Å². The van der Waals surface area contributed by atoms with E-state index in [1.54, 1.807) is 12.4 Å². The molecule has 0 unspecified atom stereocenters. The lowest BCUT2D eigenvalue weighted by Gasteiger charge is -2.09. The highest BCUT2D eigenvalue weighted by molar-refractivity contribution is 6.16. The van der Waals surface area contributed by atoms with Gasteiger partial charge in [-0.2, -0.15) is 0 Å². The van der Waals surface area contributed by atoms with Gasteiger partial charge >= 0.3 is 0 Å². The Morgan fingerprint density at radius 2 is 2.11 bits per heavy atom. The Labute approximate surface area is 112 Å². The second-order valence-electron chi connectivity index (χ2n) is 4.31. The van der Waals surface area contributed by atoms with Gasteiger partial charge in [0, 0.05) is 6.20 Å². The first-order valence-electron chi connectivity index (χ1n) is 5.83. The number of nitrogens with zero attached hydrogens (tertiary/aromatic N) is 2. The molecule has 0 fully saturated rings. The average Bonchev–Trinajstić information content (AvgIpc) is 2.39. The van der Waals surface area contributed by atoms with Gasteiger partial charge in [-0.3, -0.25) is 4.98 Å². The van der Waals surface area contributed by atoms with Crippen molar-refractivity contribution in [2.75, 3.05) is 0 Å². The summed E-state index contributed by atoms with van der Waals surface area (Å²) in [7, 11) is 0. The topological polar surface area (TPSA) is 35.0 Å². The molecule has 18 heavy (non-hydrogen) atoms. The Bertz CT molecular complexity index is 529. The number of alkyl halides is 1. The molecule has 1 aromatic heterocycles. The molecule has 0 amide bonds. The lowest BCUT2D eigenvalue weighted by Crippen LogP contribution is -1.94. The largest absolute Gasteiger partial charge is 0.437 e. The summed E-state index contributed by atoms with van der Waals surface area (Å²) in [6, 6.07) is 7.97. The molecule has 3 nitrogen and oxygen atoms in total. The molecule has 0 aliphatic heterocycles. The molecule has 0 saturated carbocycles. The van der Waals surface area contributed by atoms with E-state index < -0.39 is 0 Å². The van der Waals surface area contributed by atoms with Crippen molar-refractivity contribution in [2.45, 2.75) is 25.6 Å². The van der Waals surface area contributed by atoms with E-state index in [-0.39, 0.29) is 0 Å². The maximum atomic E-state index is 5.71. The van der Waals surface area contributed by atoms with E-state index in [4.69, 9.17) is 16.3 Å². The van der Waals surface area contributed by atoms with Crippen molar-refractivity contribution in [1.82, 2.24) is 9.97 Å². The van der Waals surface area contributed by atoms with Gasteiger partial charge < -0.3 is 4.74 Å². The quantitative estimate of drug-likeness (QED) is 0.777. The second-order valence-corrected chi connectivity index (χ2v) is 4.58. The number of hydrogen-bond acceptors (Lipinski definition) is 3. The Hall–Kier alpha value is -1.61. The van der Waals surface area contributed by atoms with Gasteiger partial charge in [0.1, 0.15) is 5.75 Å². The summed E-state index contributed by atoms with van der Waals surface area (Å²) in [6.07, 6.45) is 3.21. The van der Waals surface area contributed by atoms with Gasteiger partial charge in [0.2, 0.25) is 5.88 Å². The van der Waals surface area contributed by atoms with Gasteiger partial charge in [-0.1, -0.05) is 26.0 Å². The fraction of sp³-hybridized carbons (Fsp3) is 0.286. The Morgan fingerprint density at radius 3 is 2.83 bits per heavy atom. The molecule has 0 atom stereocenters. The summed E-state index contributed by atoms with van der Waals surface area (Å²) in [5.74, 6) is 2.03. The molecule has 94 valence electrons. The molecule has 4 heteroatoms. The molecule has 2 rings (SSSR count). The molecule has 0 bridgehead atoms. The lowest BCUT2D eigenvalue weighted by molar-refractivity contribution is 0.457. The normalized spacial score (nSPS) is 10.7. The molecule has 0 aliphatic carbocycles. The summed E-state index contributed by atoms with van der Waals surface area (Å²) in [5.41, 5.74) is 1.93. The third-order valence-electron chi connectivity index (χ3n) is 2.55. The minimum absolute atomic E-state index is 0.330. The first-order valence-corrected chi connectivity index (χ1v) is 6.37.